The summed E-state index contributed by atoms with van der Waals surface area (Å²) < 4.78 is 0. The van der Waals surface area contributed by atoms with Crippen LogP contribution in [0.15, 0.2) is 18.2 Å². The Hall–Kier alpha value is -2.45. The van der Waals surface area contributed by atoms with Crippen LogP contribution in [0, 0.1) is 11.8 Å². The number of nitrogens with one attached hydrogen (secondary N) is 2. The Kier molecular flexibility index (Phi) is 4.29. The maximum atomic E-state index is 13.5. The second-order valence-corrected chi connectivity index (χ2v) is 9.27. The molecule has 0 unspecified atom stereocenters. The van der Waals surface area contributed by atoms with Crippen molar-refractivity contribution < 1.29 is 19.2 Å². The van der Waals surface area contributed by atoms with Crippen molar-refractivity contribution in [3.63, 3.8) is 0 Å². The molecule has 0 bridgehead atoms. The quantitative estimate of drug-likeness (QED) is 0.635. The fourth-order valence-electron chi connectivity index (χ4n) is 5.00. The number of anilines is 1. The number of nitrogens with zero attached hydrogens (tertiary/aromatic N) is 1. The Morgan fingerprint density at radius 2 is 1.93 bits per heavy atom. The van der Waals surface area contributed by atoms with E-state index in [1.807, 2.05) is 0 Å². The smallest absolute Gasteiger partial charge is 0.250 e. The van der Waals surface area contributed by atoms with Crippen LogP contribution in [-0.4, -0.2) is 40.1 Å². The highest BCUT2D eigenvalue weighted by Crippen LogP contribution is 2.55. The summed E-state index contributed by atoms with van der Waals surface area (Å²) in [4.78, 5) is 52.7. The number of primary amides is 1. The number of benzene rings is 1. The first-order valence-corrected chi connectivity index (χ1v) is 9.92. The minimum atomic E-state index is -1.42. The molecular weight excluding hydrogens is 396 g/mol. The number of carbonyl (C=O) groups excluding carboxylic acids is 4. The van der Waals surface area contributed by atoms with Crippen LogP contribution >= 0.6 is 11.6 Å². The molecule has 29 heavy (non-hydrogen) atoms. The number of nitrogens with two attached hydrogens (primary N) is 1. The van der Waals surface area contributed by atoms with Crippen molar-refractivity contribution in [3.8, 4) is 0 Å². The third-order valence-corrected chi connectivity index (χ3v) is 6.39. The van der Waals surface area contributed by atoms with E-state index in [4.69, 9.17) is 17.3 Å². The first-order chi connectivity index (χ1) is 13.5. The third-order valence-electron chi connectivity index (χ3n) is 6.07. The lowest BCUT2D eigenvalue weighted by Crippen LogP contribution is -2.55. The monoisotopic (exact) mass is 418 g/mol. The molecule has 0 aromatic heterocycles. The Balaban J connectivity index is 1.88. The zero-order chi connectivity index (χ0) is 21.3. The zero-order valence-electron chi connectivity index (χ0n) is 16.4. The van der Waals surface area contributed by atoms with Gasteiger partial charge in [-0.3, -0.25) is 29.4 Å². The summed E-state index contributed by atoms with van der Waals surface area (Å²) in [6, 6.07) is 4.54. The number of amides is 4. The number of carbonyl (C=O) groups is 4. The first-order valence-electron chi connectivity index (χ1n) is 9.54. The average molecular weight is 419 g/mol. The normalized spacial score (nSPS) is 30.7. The second kappa shape index (κ2) is 6.27. The van der Waals surface area contributed by atoms with Crippen LogP contribution in [0.5, 0.6) is 0 Å². The van der Waals surface area contributed by atoms with Gasteiger partial charge in [-0.1, -0.05) is 23.7 Å². The van der Waals surface area contributed by atoms with Crippen LogP contribution in [0.25, 0.3) is 0 Å². The van der Waals surface area contributed by atoms with E-state index < -0.39 is 46.7 Å². The summed E-state index contributed by atoms with van der Waals surface area (Å²) in [5.74, 6) is -3.36. The molecule has 2 saturated heterocycles. The zero-order valence-corrected chi connectivity index (χ0v) is 17.2. The van der Waals surface area contributed by atoms with Gasteiger partial charge in [0.25, 0.3) is 0 Å². The van der Waals surface area contributed by atoms with Gasteiger partial charge in [0.1, 0.15) is 5.54 Å². The van der Waals surface area contributed by atoms with Crippen molar-refractivity contribution in [1.82, 2.24) is 10.2 Å². The summed E-state index contributed by atoms with van der Waals surface area (Å²) in [7, 11) is 0. The summed E-state index contributed by atoms with van der Waals surface area (Å²) in [6.45, 7) is 5.34. The largest absolute Gasteiger partial charge is 0.370 e. The highest BCUT2D eigenvalue weighted by Gasteiger charge is 2.71. The van der Waals surface area contributed by atoms with Crippen LogP contribution in [0.1, 0.15) is 39.2 Å². The molecule has 4 rings (SSSR count). The molecule has 4 amide bonds. The van der Waals surface area contributed by atoms with Crippen LogP contribution in [0.2, 0.25) is 5.02 Å². The number of hydrogen-bond acceptors (Lipinski definition) is 5. The molecule has 1 aromatic rings. The Morgan fingerprint density at radius 1 is 1.24 bits per heavy atom. The van der Waals surface area contributed by atoms with Crippen LogP contribution in [0.3, 0.4) is 0 Å². The van der Waals surface area contributed by atoms with Gasteiger partial charge in [-0.2, -0.15) is 0 Å². The lowest BCUT2D eigenvalue weighted by molar-refractivity contribution is -0.148. The summed E-state index contributed by atoms with van der Waals surface area (Å²) >= 11 is 6.28. The van der Waals surface area contributed by atoms with Crippen molar-refractivity contribution >= 4 is 40.9 Å². The van der Waals surface area contributed by atoms with Gasteiger partial charge in [-0.05, 0) is 33.3 Å². The lowest BCUT2D eigenvalue weighted by Gasteiger charge is -2.34. The van der Waals surface area contributed by atoms with Gasteiger partial charge in [0.05, 0.1) is 22.5 Å². The number of halogens is 1. The fraction of sp³-hybridized carbons (Fsp3) is 0.500. The van der Waals surface area contributed by atoms with Crippen molar-refractivity contribution in [1.29, 1.82) is 0 Å². The van der Waals surface area contributed by atoms with Gasteiger partial charge in [0.15, 0.2) is 0 Å². The Morgan fingerprint density at radius 3 is 2.55 bits per heavy atom. The van der Waals surface area contributed by atoms with Gasteiger partial charge in [-0.25, -0.2) is 0 Å². The topological polar surface area (TPSA) is 122 Å². The van der Waals surface area contributed by atoms with Gasteiger partial charge in [0, 0.05) is 23.6 Å². The van der Waals surface area contributed by atoms with E-state index in [1.165, 1.54) is 4.90 Å². The molecule has 9 heteroatoms. The third kappa shape index (κ3) is 2.62. The van der Waals surface area contributed by atoms with E-state index in [1.54, 1.807) is 39.0 Å². The van der Waals surface area contributed by atoms with Gasteiger partial charge in [-0.15, -0.1) is 0 Å². The molecule has 1 spiro atoms. The van der Waals surface area contributed by atoms with E-state index in [-0.39, 0.29) is 18.7 Å². The number of imide groups is 1. The molecule has 2 fully saturated rings. The molecule has 4 N–H and O–H groups in total. The van der Waals surface area contributed by atoms with Gasteiger partial charge >= 0.3 is 0 Å². The summed E-state index contributed by atoms with van der Waals surface area (Å²) in [6.07, 6.45) is 0.288. The first kappa shape index (κ1) is 19.8. The van der Waals surface area contributed by atoms with Crippen LogP contribution in [-0.2, 0) is 24.7 Å². The fourth-order valence-corrected chi connectivity index (χ4v) is 5.22. The average Bonchev–Trinajstić information content (AvgIpc) is 3.19. The summed E-state index contributed by atoms with van der Waals surface area (Å²) in [5.41, 5.74) is 4.14. The number of rotatable bonds is 3. The van der Waals surface area contributed by atoms with Crippen LogP contribution in [0.4, 0.5) is 5.69 Å². The highest BCUT2D eigenvalue weighted by atomic mass is 35.5. The predicted molar refractivity (Wildman–Crippen MR) is 106 cm³/mol. The molecule has 154 valence electrons. The maximum absolute atomic E-state index is 13.5. The molecule has 3 aliphatic heterocycles. The van der Waals surface area contributed by atoms with E-state index in [9.17, 15) is 19.2 Å². The molecule has 0 radical (unpaired) electrons. The molecule has 0 saturated carbocycles. The molecule has 0 aliphatic carbocycles. The number of hydrogen-bond donors (Lipinski definition) is 3. The SMILES string of the molecule is CC(C)(C)N1C(=O)[C@H]2[C@@H](C1=O)[C@@]1(N[C@@H]2CCC(N)=O)C(=O)Nc2c(Cl)cccc21. The molecular formula is C20H23ClN4O4. The van der Waals surface area contributed by atoms with Crippen molar-refractivity contribution in [3.05, 3.63) is 28.8 Å². The highest BCUT2D eigenvalue weighted by molar-refractivity contribution is 6.35. The van der Waals surface area contributed by atoms with Crippen molar-refractivity contribution in [2.75, 3.05) is 5.32 Å². The Labute approximate surface area is 173 Å². The van der Waals surface area contributed by atoms with Gasteiger partial charge < -0.3 is 11.1 Å². The molecule has 3 aliphatic rings. The minimum absolute atomic E-state index is 0.0397. The Bertz CT molecular complexity index is 956. The minimum Gasteiger partial charge on any atom is -0.370 e. The standard InChI is InChI=1S/C20H23ClN4O4/c1-19(2,3)25-16(27)13-11(7-8-12(22)26)24-20(14(13)17(25)28)9-5-4-6-10(21)15(9)23-18(20)29/h4-6,11,13-14,24H,7-8H2,1-3H3,(H2,22,26)(H,23,29)/t11-,13-,14+,20-/m1/s1. The molecule has 1 aromatic carbocycles. The van der Waals surface area contributed by atoms with E-state index in [0.29, 0.717) is 16.3 Å². The number of para-hydroxylation sites is 1. The maximum Gasteiger partial charge on any atom is 0.250 e. The van der Waals surface area contributed by atoms with Crippen molar-refractivity contribution in [2.24, 2.45) is 17.6 Å². The molecule has 8 nitrogen and oxygen atoms in total. The number of fused-ring (bicyclic) bond motifs is 4. The van der Waals surface area contributed by atoms with Crippen LogP contribution < -0.4 is 16.4 Å². The van der Waals surface area contributed by atoms with E-state index >= 15 is 0 Å². The van der Waals surface area contributed by atoms with E-state index in [0.717, 1.165) is 0 Å². The number of likely N-dealkylation sites (tertiary alicyclic amines) is 1. The summed E-state index contributed by atoms with van der Waals surface area (Å²) in [5, 5.41) is 6.38. The predicted octanol–water partition coefficient (Wildman–Crippen LogP) is 1.12. The van der Waals surface area contributed by atoms with Gasteiger partial charge in [0.2, 0.25) is 23.6 Å². The second-order valence-electron chi connectivity index (χ2n) is 8.87. The lowest BCUT2D eigenvalue weighted by atomic mass is 9.76. The van der Waals surface area contributed by atoms with Crippen molar-refractivity contribution in [2.45, 2.75) is 50.7 Å². The molecule has 4 atom stereocenters. The molecule has 3 heterocycles. The van der Waals surface area contributed by atoms with E-state index in [2.05, 4.69) is 10.6 Å².